The zero-order chi connectivity index (χ0) is 19.3. The molecule has 0 bridgehead atoms. The van der Waals surface area contributed by atoms with E-state index < -0.39 is 17.6 Å². The highest BCUT2D eigenvalue weighted by Crippen LogP contribution is 2.29. The first-order chi connectivity index (χ1) is 12.3. The second-order valence-electron chi connectivity index (χ2n) is 4.78. The fourth-order valence-electron chi connectivity index (χ4n) is 1.85. The molecule has 0 aliphatic carbocycles. The molecular formula is C16H12ClF2N3O3S. The maximum absolute atomic E-state index is 13.3. The molecule has 0 saturated carbocycles. The number of benzene rings is 2. The standard InChI is InChI=1S/C16H12ClF2N3O3S/c1-24-14-4-8(7-21-22-16(20)26)2-3-13(14)25-15(23)9-5-11(18)12(19)6-10(9)17/h2-7H,1H3,(H3,20,22,26)/b21-7-. The molecule has 0 atom stereocenters. The fraction of sp³-hybridized carbons (Fsp3) is 0.0625. The molecule has 2 aromatic carbocycles. The SMILES string of the molecule is COc1cc(/C=N\NC(N)=S)ccc1OC(=O)c1cc(F)c(F)cc1Cl. The van der Waals surface area contributed by atoms with E-state index in [0.29, 0.717) is 17.7 Å². The third-order valence-electron chi connectivity index (χ3n) is 3.01. The molecule has 26 heavy (non-hydrogen) atoms. The average molecular weight is 400 g/mol. The van der Waals surface area contributed by atoms with Gasteiger partial charge >= 0.3 is 5.97 Å². The van der Waals surface area contributed by atoms with E-state index in [9.17, 15) is 13.6 Å². The molecule has 136 valence electrons. The maximum atomic E-state index is 13.3. The molecule has 0 spiro atoms. The summed E-state index contributed by atoms with van der Waals surface area (Å²) in [5.41, 5.74) is 7.90. The summed E-state index contributed by atoms with van der Waals surface area (Å²) in [4.78, 5) is 12.2. The predicted molar refractivity (Wildman–Crippen MR) is 96.8 cm³/mol. The van der Waals surface area contributed by atoms with Crippen molar-refractivity contribution < 1.29 is 23.0 Å². The molecule has 2 rings (SSSR count). The van der Waals surface area contributed by atoms with Gasteiger partial charge in [-0.2, -0.15) is 5.10 Å². The number of halogens is 3. The Morgan fingerprint density at radius 3 is 2.62 bits per heavy atom. The van der Waals surface area contributed by atoms with Crippen molar-refractivity contribution >= 4 is 41.1 Å². The molecular weight excluding hydrogens is 388 g/mol. The van der Waals surface area contributed by atoms with Gasteiger partial charge in [-0.05, 0) is 48.1 Å². The molecule has 3 N–H and O–H groups in total. The van der Waals surface area contributed by atoms with Gasteiger partial charge in [0.05, 0.1) is 23.9 Å². The smallest absolute Gasteiger partial charge is 0.345 e. The Morgan fingerprint density at radius 1 is 1.27 bits per heavy atom. The topological polar surface area (TPSA) is 85.9 Å². The Bertz CT molecular complexity index is 893. The van der Waals surface area contributed by atoms with Gasteiger partial charge in [0.2, 0.25) is 0 Å². The largest absolute Gasteiger partial charge is 0.493 e. The Balaban J connectivity index is 2.23. The first-order valence-electron chi connectivity index (χ1n) is 6.95. The highest BCUT2D eigenvalue weighted by molar-refractivity contribution is 7.80. The van der Waals surface area contributed by atoms with Gasteiger partial charge in [0.15, 0.2) is 28.2 Å². The third-order valence-corrected chi connectivity index (χ3v) is 3.41. The quantitative estimate of drug-likeness (QED) is 0.201. The van der Waals surface area contributed by atoms with Crippen LogP contribution in [0.25, 0.3) is 0 Å². The maximum Gasteiger partial charge on any atom is 0.345 e. The number of methoxy groups -OCH3 is 1. The monoisotopic (exact) mass is 399 g/mol. The number of esters is 1. The lowest BCUT2D eigenvalue weighted by Gasteiger charge is -2.11. The van der Waals surface area contributed by atoms with Crippen molar-refractivity contribution in [2.24, 2.45) is 10.8 Å². The number of hydrazone groups is 1. The number of thiocarbonyl (C=S) groups is 1. The number of nitrogens with two attached hydrogens (primary N) is 1. The van der Waals surface area contributed by atoms with Crippen LogP contribution in [0.3, 0.4) is 0 Å². The van der Waals surface area contributed by atoms with E-state index >= 15 is 0 Å². The third kappa shape index (κ3) is 4.87. The second-order valence-corrected chi connectivity index (χ2v) is 5.63. The molecule has 0 unspecified atom stereocenters. The zero-order valence-electron chi connectivity index (χ0n) is 13.3. The van der Waals surface area contributed by atoms with Crippen LogP contribution in [0.1, 0.15) is 15.9 Å². The van der Waals surface area contributed by atoms with E-state index in [1.165, 1.54) is 25.5 Å². The molecule has 0 radical (unpaired) electrons. The van der Waals surface area contributed by atoms with Crippen LogP contribution in [0.5, 0.6) is 11.5 Å². The second kappa shape index (κ2) is 8.54. The van der Waals surface area contributed by atoms with Crippen molar-refractivity contribution in [1.29, 1.82) is 0 Å². The van der Waals surface area contributed by atoms with Gasteiger partial charge in [-0.1, -0.05) is 11.6 Å². The summed E-state index contributed by atoms with van der Waals surface area (Å²) in [5.74, 6) is -3.10. The van der Waals surface area contributed by atoms with Gasteiger partial charge in [0, 0.05) is 0 Å². The van der Waals surface area contributed by atoms with Crippen LogP contribution in [-0.4, -0.2) is 24.4 Å². The van der Waals surface area contributed by atoms with Crippen LogP contribution < -0.4 is 20.6 Å². The number of carbonyl (C=O) groups excluding carboxylic acids is 1. The van der Waals surface area contributed by atoms with Crippen molar-refractivity contribution in [3.05, 3.63) is 58.1 Å². The first kappa shape index (κ1) is 19.5. The van der Waals surface area contributed by atoms with Crippen molar-refractivity contribution in [3.8, 4) is 11.5 Å². The van der Waals surface area contributed by atoms with Crippen LogP contribution in [0.4, 0.5) is 8.78 Å². The van der Waals surface area contributed by atoms with Gasteiger partial charge in [-0.25, -0.2) is 13.6 Å². The van der Waals surface area contributed by atoms with E-state index in [4.69, 9.17) is 26.8 Å². The summed E-state index contributed by atoms with van der Waals surface area (Å²) in [6.07, 6.45) is 1.42. The van der Waals surface area contributed by atoms with E-state index in [0.717, 1.165) is 0 Å². The molecule has 10 heteroatoms. The minimum Gasteiger partial charge on any atom is -0.493 e. The van der Waals surface area contributed by atoms with Crippen molar-refractivity contribution in [3.63, 3.8) is 0 Å². The Labute approximate surface area is 157 Å². The molecule has 0 heterocycles. The predicted octanol–water partition coefficient (Wildman–Crippen LogP) is 3.01. The summed E-state index contributed by atoms with van der Waals surface area (Å²) in [6, 6.07) is 5.89. The zero-order valence-corrected chi connectivity index (χ0v) is 14.8. The lowest BCUT2D eigenvalue weighted by molar-refractivity contribution is 0.0729. The van der Waals surface area contributed by atoms with Crippen LogP contribution in [0.2, 0.25) is 5.02 Å². The molecule has 0 aliphatic heterocycles. The number of ether oxygens (including phenoxy) is 2. The van der Waals surface area contributed by atoms with Crippen molar-refractivity contribution in [2.75, 3.05) is 7.11 Å². The van der Waals surface area contributed by atoms with Gasteiger partial charge in [-0.3, -0.25) is 5.43 Å². The summed E-state index contributed by atoms with van der Waals surface area (Å²) in [7, 11) is 1.37. The Hall–Kier alpha value is -2.78. The summed E-state index contributed by atoms with van der Waals surface area (Å²) < 4.78 is 36.7. The summed E-state index contributed by atoms with van der Waals surface area (Å²) in [6.45, 7) is 0. The van der Waals surface area contributed by atoms with E-state index in [1.54, 1.807) is 6.07 Å². The number of rotatable bonds is 5. The van der Waals surface area contributed by atoms with Gasteiger partial charge in [0.25, 0.3) is 0 Å². The summed E-state index contributed by atoms with van der Waals surface area (Å²) >= 11 is 10.4. The van der Waals surface area contributed by atoms with Crippen molar-refractivity contribution in [2.45, 2.75) is 0 Å². The Morgan fingerprint density at radius 2 is 1.96 bits per heavy atom. The molecule has 2 aromatic rings. The first-order valence-corrected chi connectivity index (χ1v) is 7.73. The lowest BCUT2D eigenvalue weighted by Crippen LogP contribution is -2.23. The number of nitrogens with zero attached hydrogens (tertiary/aromatic N) is 1. The number of carbonyl (C=O) groups is 1. The highest BCUT2D eigenvalue weighted by Gasteiger charge is 2.18. The van der Waals surface area contributed by atoms with E-state index in [-0.39, 0.29) is 27.2 Å². The van der Waals surface area contributed by atoms with E-state index in [2.05, 4.69) is 22.7 Å². The van der Waals surface area contributed by atoms with Crippen LogP contribution in [0, 0.1) is 11.6 Å². The fourth-order valence-corrected chi connectivity index (χ4v) is 2.13. The number of hydrogen-bond donors (Lipinski definition) is 2. The van der Waals surface area contributed by atoms with Crippen LogP contribution >= 0.6 is 23.8 Å². The minimum absolute atomic E-state index is 0.00201. The summed E-state index contributed by atoms with van der Waals surface area (Å²) in [5, 5.41) is 3.51. The molecule has 0 fully saturated rings. The number of nitrogens with one attached hydrogen (secondary N) is 1. The molecule has 6 nitrogen and oxygen atoms in total. The minimum atomic E-state index is -1.22. The molecule has 0 aliphatic rings. The van der Waals surface area contributed by atoms with Crippen molar-refractivity contribution in [1.82, 2.24) is 5.43 Å². The van der Waals surface area contributed by atoms with Crippen LogP contribution in [-0.2, 0) is 0 Å². The average Bonchev–Trinajstić information content (AvgIpc) is 2.58. The number of hydrogen-bond acceptors (Lipinski definition) is 5. The van der Waals surface area contributed by atoms with Gasteiger partial charge in [-0.15, -0.1) is 0 Å². The lowest BCUT2D eigenvalue weighted by atomic mass is 10.2. The molecule has 0 saturated heterocycles. The molecule has 0 aromatic heterocycles. The Kier molecular flexibility index (Phi) is 6.42. The van der Waals surface area contributed by atoms with Crippen LogP contribution in [0.15, 0.2) is 35.4 Å². The van der Waals surface area contributed by atoms with Gasteiger partial charge < -0.3 is 15.2 Å². The van der Waals surface area contributed by atoms with Gasteiger partial charge in [0.1, 0.15) is 0 Å². The normalized spacial score (nSPS) is 10.6. The highest BCUT2D eigenvalue weighted by atomic mass is 35.5. The molecule has 0 amide bonds. The van der Waals surface area contributed by atoms with E-state index in [1.807, 2.05) is 0 Å².